The Labute approximate surface area is 155 Å². The van der Waals surface area contributed by atoms with E-state index < -0.39 is 0 Å². The molecule has 0 aliphatic rings. The van der Waals surface area contributed by atoms with Crippen LogP contribution < -0.4 is 10.6 Å². The molecule has 0 aliphatic heterocycles. The SMILES string of the molecule is CCNC(=NCC(C)(C)c1cccs1)NCCCCn1ccnc1C. The van der Waals surface area contributed by atoms with E-state index in [1.54, 1.807) is 11.3 Å². The van der Waals surface area contributed by atoms with Gasteiger partial charge in [-0.3, -0.25) is 4.99 Å². The minimum atomic E-state index is 0.0649. The molecule has 2 rings (SSSR count). The van der Waals surface area contributed by atoms with Gasteiger partial charge in [-0.2, -0.15) is 0 Å². The largest absolute Gasteiger partial charge is 0.357 e. The molecule has 0 spiro atoms. The molecule has 2 aromatic rings. The van der Waals surface area contributed by atoms with Crippen LogP contribution in [-0.2, 0) is 12.0 Å². The summed E-state index contributed by atoms with van der Waals surface area (Å²) in [7, 11) is 0. The summed E-state index contributed by atoms with van der Waals surface area (Å²) in [5.74, 6) is 1.99. The topological polar surface area (TPSA) is 54.2 Å². The first-order chi connectivity index (χ1) is 12.0. The van der Waals surface area contributed by atoms with E-state index in [1.165, 1.54) is 4.88 Å². The van der Waals surface area contributed by atoms with Crippen molar-refractivity contribution in [2.45, 2.75) is 52.5 Å². The van der Waals surface area contributed by atoms with Crippen molar-refractivity contribution in [1.29, 1.82) is 0 Å². The average Bonchev–Trinajstić information content (AvgIpc) is 3.25. The van der Waals surface area contributed by atoms with Crippen LogP contribution in [-0.4, -0.2) is 35.1 Å². The van der Waals surface area contributed by atoms with Crippen molar-refractivity contribution in [2.75, 3.05) is 19.6 Å². The fourth-order valence-corrected chi connectivity index (χ4v) is 3.46. The Morgan fingerprint density at radius 2 is 2.16 bits per heavy atom. The maximum atomic E-state index is 4.79. The number of nitrogens with zero attached hydrogens (tertiary/aromatic N) is 3. The molecular formula is C19H31N5S. The van der Waals surface area contributed by atoms with Crippen molar-refractivity contribution in [2.24, 2.45) is 4.99 Å². The second-order valence-corrected chi connectivity index (χ2v) is 7.81. The van der Waals surface area contributed by atoms with Gasteiger partial charge >= 0.3 is 0 Å². The van der Waals surface area contributed by atoms with E-state index in [1.807, 2.05) is 19.3 Å². The molecule has 25 heavy (non-hydrogen) atoms. The Morgan fingerprint density at radius 1 is 1.32 bits per heavy atom. The lowest BCUT2D eigenvalue weighted by Gasteiger charge is -2.21. The molecule has 6 heteroatoms. The van der Waals surface area contributed by atoms with Crippen molar-refractivity contribution >= 4 is 17.3 Å². The van der Waals surface area contributed by atoms with Crippen LogP contribution in [0.4, 0.5) is 0 Å². The fraction of sp³-hybridized carbons (Fsp3) is 0.579. The lowest BCUT2D eigenvalue weighted by molar-refractivity contribution is 0.546. The summed E-state index contributed by atoms with van der Waals surface area (Å²) >= 11 is 1.80. The molecule has 2 aromatic heterocycles. The molecule has 0 radical (unpaired) electrons. The van der Waals surface area contributed by atoms with Crippen LogP contribution in [0.5, 0.6) is 0 Å². The quantitative estimate of drug-likeness (QED) is 0.408. The van der Waals surface area contributed by atoms with Crippen LogP contribution in [0.2, 0.25) is 0 Å². The van der Waals surface area contributed by atoms with Crippen molar-refractivity contribution in [3.63, 3.8) is 0 Å². The number of guanidine groups is 1. The molecule has 138 valence electrons. The number of hydrogen-bond acceptors (Lipinski definition) is 3. The second-order valence-electron chi connectivity index (χ2n) is 6.86. The first-order valence-corrected chi connectivity index (χ1v) is 9.95. The Morgan fingerprint density at radius 3 is 2.80 bits per heavy atom. The van der Waals surface area contributed by atoms with Crippen molar-refractivity contribution < 1.29 is 0 Å². The number of aliphatic imine (C=N–C) groups is 1. The average molecular weight is 362 g/mol. The Bertz CT molecular complexity index is 643. The van der Waals surface area contributed by atoms with Crippen molar-refractivity contribution in [3.05, 3.63) is 40.6 Å². The number of hydrogen-bond donors (Lipinski definition) is 2. The third-order valence-corrected chi connectivity index (χ3v) is 5.44. The number of aryl methyl sites for hydroxylation is 2. The van der Waals surface area contributed by atoms with Crippen LogP contribution in [0, 0.1) is 6.92 Å². The molecule has 0 fully saturated rings. The molecule has 0 saturated heterocycles. The highest BCUT2D eigenvalue weighted by molar-refractivity contribution is 7.10. The van der Waals surface area contributed by atoms with E-state index >= 15 is 0 Å². The smallest absolute Gasteiger partial charge is 0.191 e. The summed E-state index contributed by atoms with van der Waals surface area (Å²) in [5, 5.41) is 8.92. The maximum absolute atomic E-state index is 4.79. The fourth-order valence-electron chi connectivity index (χ4n) is 2.61. The number of imidazole rings is 1. The zero-order chi connectivity index (χ0) is 18.1. The molecule has 2 N–H and O–H groups in total. The molecule has 0 aromatic carbocycles. The Kier molecular flexibility index (Phi) is 7.50. The van der Waals surface area contributed by atoms with Crippen LogP contribution in [0.3, 0.4) is 0 Å². The molecular weight excluding hydrogens is 330 g/mol. The standard InChI is InChI=1S/C19H31N5S/c1-5-20-18(23-15-19(3,4)17-9-8-14-25-17)22-10-6-7-12-24-13-11-21-16(24)2/h8-9,11,13-14H,5-7,10,12,15H2,1-4H3,(H2,20,22,23). The lowest BCUT2D eigenvalue weighted by atomic mass is 9.92. The number of nitrogens with one attached hydrogen (secondary N) is 2. The van der Waals surface area contributed by atoms with Gasteiger partial charge < -0.3 is 15.2 Å². The van der Waals surface area contributed by atoms with Crippen LogP contribution in [0.15, 0.2) is 34.9 Å². The molecule has 5 nitrogen and oxygen atoms in total. The zero-order valence-corrected chi connectivity index (χ0v) is 16.7. The molecule has 0 aliphatic carbocycles. The maximum Gasteiger partial charge on any atom is 0.191 e. The van der Waals surface area contributed by atoms with E-state index in [9.17, 15) is 0 Å². The third kappa shape index (κ3) is 6.20. The summed E-state index contributed by atoms with van der Waals surface area (Å²) in [6.45, 7) is 12.2. The van der Waals surface area contributed by atoms with Gasteiger partial charge in [0.1, 0.15) is 5.82 Å². The van der Waals surface area contributed by atoms with Crippen LogP contribution in [0.1, 0.15) is 44.3 Å². The van der Waals surface area contributed by atoms with Gasteiger partial charge in [-0.05, 0) is 38.1 Å². The van der Waals surface area contributed by atoms with Crippen molar-refractivity contribution in [3.8, 4) is 0 Å². The van der Waals surface area contributed by atoms with Gasteiger partial charge in [-0.15, -0.1) is 11.3 Å². The molecule has 0 unspecified atom stereocenters. The van der Waals surface area contributed by atoms with Gasteiger partial charge in [-0.25, -0.2) is 4.98 Å². The van der Waals surface area contributed by atoms with E-state index in [-0.39, 0.29) is 5.41 Å². The number of unbranched alkanes of at least 4 members (excludes halogenated alkanes) is 1. The van der Waals surface area contributed by atoms with Gasteiger partial charge in [0.05, 0.1) is 6.54 Å². The summed E-state index contributed by atoms with van der Waals surface area (Å²) in [6.07, 6.45) is 6.14. The lowest BCUT2D eigenvalue weighted by Crippen LogP contribution is -2.39. The number of thiophene rings is 1. The zero-order valence-electron chi connectivity index (χ0n) is 15.9. The predicted molar refractivity (Wildman–Crippen MR) is 108 cm³/mol. The summed E-state index contributed by atoms with van der Waals surface area (Å²) in [6, 6.07) is 4.30. The van der Waals surface area contributed by atoms with Crippen molar-refractivity contribution in [1.82, 2.24) is 20.2 Å². The monoisotopic (exact) mass is 361 g/mol. The predicted octanol–water partition coefficient (Wildman–Crippen LogP) is 3.57. The molecule has 2 heterocycles. The summed E-state index contributed by atoms with van der Waals surface area (Å²) in [4.78, 5) is 10.4. The second kappa shape index (κ2) is 9.61. The molecule has 0 saturated carbocycles. The molecule has 0 amide bonds. The minimum absolute atomic E-state index is 0.0649. The van der Waals surface area contributed by atoms with Crippen LogP contribution in [0.25, 0.3) is 0 Å². The van der Waals surface area contributed by atoms with E-state index in [2.05, 4.69) is 58.5 Å². The third-order valence-electron chi connectivity index (χ3n) is 4.21. The minimum Gasteiger partial charge on any atom is -0.357 e. The summed E-state index contributed by atoms with van der Waals surface area (Å²) < 4.78 is 2.20. The van der Waals surface area contributed by atoms with E-state index in [4.69, 9.17) is 4.99 Å². The summed E-state index contributed by atoms with van der Waals surface area (Å²) in [5.41, 5.74) is 0.0649. The van der Waals surface area contributed by atoms with Gasteiger partial charge in [0, 0.05) is 42.3 Å². The highest BCUT2D eigenvalue weighted by Crippen LogP contribution is 2.27. The van der Waals surface area contributed by atoms with E-state index in [0.29, 0.717) is 0 Å². The Balaban J connectivity index is 1.76. The highest BCUT2D eigenvalue weighted by atomic mass is 32.1. The normalized spacial score (nSPS) is 12.4. The Hall–Kier alpha value is -1.82. The first kappa shape index (κ1) is 19.5. The first-order valence-electron chi connectivity index (χ1n) is 9.07. The molecule has 0 atom stereocenters. The van der Waals surface area contributed by atoms with Gasteiger partial charge in [-0.1, -0.05) is 19.9 Å². The van der Waals surface area contributed by atoms with Gasteiger partial charge in [0.25, 0.3) is 0 Å². The van der Waals surface area contributed by atoms with Gasteiger partial charge in [0.15, 0.2) is 5.96 Å². The number of aromatic nitrogens is 2. The molecule has 0 bridgehead atoms. The van der Waals surface area contributed by atoms with Crippen LogP contribution >= 0.6 is 11.3 Å². The van der Waals surface area contributed by atoms with Gasteiger partial charge in [0.2, 0.25) is 0 Å². The highest BCUT2D eigenvalue weighted by Gasteiger charge is 2.21. The number of rotatable bonds is 9. The van der Waals surface area contributed by atoms with E-state index in [0.717, 1.165) is 50.8 Å².